The second kappa shape index (κ2) is 18.8. The van der Waals surface area contributed by atoms with E-state index in [0.29, 0.717) is 6.42 Å². The van der Waals surface area contributed by atoms with Crippen LogP contribution < -0.4 is 128 Å². The molecule has 0 aliphatic rings. The third-order valence-corrected chi connectivity index (χ3v) is 8.17. The van der Waals surface area contributed by atoms with Gasteiger partial charge >= 0.3 is 103 Å². The maximum Gasteiger partial charge on any atom is 1.00 e. The standard InChI is InChI=1S/C22H32O3P2.2K/c23-27(24,25)20-14-6-4-2-1-3-5-13-19-26(21-15-9-7-10-16-21)22-17-11-8-12-18-22;;/h7-12,15-18H,1-6,13-14,19-20H2,(H2,23,24,25);;/q;2*+1/p-2. The quantitative estimate of drug-likeness (QED) is 0.175. The fourth-order valence-electron chi connectivity index (χ4n) is 3.26. The average Bonchev–Trinajstić information content (AvgIpc) is 2.67. The van der Waals surface area contributed by atoms with Gasteiger partial charge in [0.1, 0.15) is 0 Å². The molecule has 29 heavy (non-hydrogen) atoms. The molecule has 2 aromatic carbocycles. The Balaban J connectivity index is 0.00000392. The van der Waals surface area contributed by atoms with Crippen LogP contribution in [-0.2, 0) is 0 Å². The van der Waals surface area contributed by atoms with E-state index in [1.165, 1.54) is 42.5 Å². The smallest absolute Gasteiger partial charge is 0.688 e. The molecule has 0 saturated carbocycles. The molecule has 0 heterocycles. The Morgan fingerprint density at radius 1 is 0.552 bits per heavy atom. The summed E-state index contributed by atoms with van der Waals surface area (Å²) in [6.45, 7) is 0. The van der Waals surface area contributed by atoms with Crippen LogP contribution in [0.1, 0.15) is 51.4 Å². The summed E-state index contributed by atoms with van der Waals surface area (Å²) in [7, 11) is -4.58. The summed E-state index contributed by atoms with van der Waals surface area (Å²) in [6, 6.07) is 21.7. The van der Waals surface area contributed by atoms with Gasteiger partial charge in [-0.2, -0.15) is 7.94 Å². The van der Waals surface area contributed by atoms with E-state index in [0.717, 1.165) is 19.3 Å². The van der Waals surface area contributed by atoms with Gasteiger partial charge in [0, 0.05) is 6.16 Å². The van der Waals surface area contributed by atoms with E-state index in [2.05, 4.69) is 60.7 Å². The van der Waals surface area contributed by atoms with Crippen LogP contribution in [-0.4, -0.2) is 12.3 Å². The van der Waals surface area contributed by atoms with Crippen molar-refractivity contribution in [2.45, 2.75) is 51.4 Å². The molecule has 0 saturated heterocycles. The van der Waals surface area contributed by atoms with Gasteiger partial charge < -0.3 is 14.7 Å². The zero-order valence-electron chi connectivity index (χ0n) is 18.0. The fourth-order valence-corrected chi connectivity index (χ4v) is 6.29. The molecular formula is C22H30K2O3P2. The first-order valence-electron chi connectivity index (χ1n) is 9.95. The zero-order valence-corrected chi connectivity index (χ0v) is 26.0. The van der Waals surface area contributed by atoms with E-state index in [1.807, 2.05) is 0 Å². The van der Waals surface area contributed by atoms with Gasteiger partial charge in [-0.3, -0.25) is 0 Å². The van der Waals surface area contributed by atoms with Gasteiger partial charge in [-0.15, -0.1) is 0 Å². The molecule has 0 radical (unpaired) electrons. The van der Waals surface area contributed by atoms with E-state index in [4.69, 9.17) is 0 Å². The summed E-state index contributed by atoms with van der Waals surface area (Å²) in [6.07, 6.45) is 9.48. The van der Waals surface area contributed by atoms with Gasteiger partial charge in [0.05, 0.1) is 0 Å². The molecule has 2 rings (SSSR count). The molecule has 2 aromatic rings. The Bertz CT molecular complexity index is 585. The van der Waals surface area contributed by atoms with Gasteiger partial charge in [-0.25, -0.2) is 0 Å². The predicted molar refractivity (Wildman–Crippen MR) is 113 cm³/mol. The number of hydrogen-bond donors (Lipinski definition) is 0. The molecule has 0 aliphatic carbocycles. The maximum absolute atomic E-state index is 10.6. The van der Waals surface area contributed by atoms with Crippen molar-refractivity contribution in [1.29, 1.82) is 0 Å². The second-order valence-corrected chi connectivity index (χ2v) is 11.0. The average molecular weight is 483 g/mol. The molecule has 7 heteroatoms. The number of benzene rings is 2. The van der Waals surface area contributed by atoms with Gasteiger partial charge in [0.15, 0.2) is 0 Å². The fraction of sp³-hybridized carbons (Fsp3) is 0.455. The van der Waals surface area contributed by atoms with Crippen LogP contribution in [0, 0.1) is 0 Å². The zero-order chi connectivity index (χ0) is 19.4. The summed E-state index contributed by atoms with van der Waals surface area (Å²) in [5, 5.41) is 2.90. The first-order valence-corrected chi connectivity index (χ1v) is 13.2. The minimum Gasteiger partial charge on any atom is -0.688 e. The Morgan fingerprint density at radius 3 is 1.34 bits per heavy atom. The van der Waals surface area contributed by atoms with Crippen molar-refractivity contribution in [1.82, 2.24) is 0 Å². The van der Waals surface area contributed by atoms with Crippen LogP contribution >= 0.6 is 15.9 Å². The van der Waals surface area contributed by atoms with E-state index in [-0.39, 0.29) is 117 Å². The van der Waals surface area contributed by atoms with Gasteiger partial charge in [0.2, 0.25) is 0 Å². The molecule has 0 spiro atoms. The molecule has 0 fully saturated rings. The number of rotatable bonds is 13. The van der Waals surface area contributed by atoms with Crippen molar-refractivity contribution in [3.63, 3.8) is 0 Å². The summed E-state index contributed by atoms with van der Waals surface area (Å²) >= 11 is 0. The van der Waals surface area contributed by atoms with Crippen LogP contribution in [0.2, 0.25) is 0 Å². The van der Waals surface area contributed by atoms with Crippen LogP contribution in [0.15, 0.2) is 60.7 Å². The summed E-state index contributed by atoms with van der Waals surface area (Å²) in [5.41, 5.74) is 0. The number of unbranched alkanes of at least 4 members (excludes halogenated alkanes) is 7. The summed E-state index contributed by atoms with van der Waals surface area (Å²) in [4.78, 5) is 31.7. The summed E-state index contributed by atoms with van der Waals surface area (Å²) in [5.74, 6) is 0. The summed E-state index contributed by atoms with van der Waals surface area (Å²) < 4.78 is 0. The third-order valence-electron chi connectivity index (χ3n) is 4.70. The molecule has 0 N–H and O–H groups in total. The van der Waals surface area contributed by atoms with Crippen molar-refractivity contribution >= 4 is 26.5 Å². The van der Waals surface area contributed by atoms with Crippen molar-refractivity contribution in [2.24, 2.45) is 0 Å². The largest absolute Gasteiger partial charge is 1.00 e. The molecule has 0 aromatic heterocycles. The first kappa shape index (κ1) is 31.5. The molecular weight excluding hydrogens is 452 g/mol. The maximum atomic E-state index is 10.6. The minimum atomic E-state index is -4.29. The van der Waals surface area contributed by atoms with E-state index in [1.54, 1.807) is 0 Å². The Morgan fingerprint density at radius 2 is 0.931 bits per heavy atom. The molecule has 0 unspecified atom stereocenters. The molecule has 0 amide bonds. The SMILES string of the molecule is [K+].[K+].[O-][P+]([O-])([O-])CCCCCCCCCCP(c1ccccc1)c1ccccc1. The Labute approximate surface area is 263 Å². The molecule has 0 atom stereocenters. The van der Waals surface area contributed by atoms with Crippen molar-refractivity contribution in [2.75, 3.05) is 12.3 Å². The monoisotopic (exact) mass is 482 g/mol. The van der Waals surface area contributed by atoms with E-state index < -0.39 is 7.94 Å². The molecule has 3 nitrogen and oxygen atoms in total. The van der Waals surface area contributed by atoms with E-state index >= 15 is 0 Å². The second-order valence-electron chi connectivity index (χ2n) is 6.99. The normalized spacial score (nSPS) is 11.0. The van der Waals surface area contributed by atoms with Crippen molar-refractivity contribution < 1.29 is 117 Å². The van der Waals surface area contributed by atoms with Gasteiger partial charge in [-0.1, -0.05) is 92.8 Å². The first-order chi connectivity index (χ1) is 13.1. The molecule has 0 bridgehead atoms. The van der Waals surface area contributed by atoms with Gasteiger partial charge in [-0.05, 0) is 44.0 Å². The van der Waals surface area contributed by atoms with Gasteiger partial charge in [0.25, 0.3) is 0 Å². The molecule has 148 valence electrons. The van der Waals surface area contributed by atoms with Crippen molar-refractivity contribution in [3.8, 4) is 0 Å². The predicted octanol–water partition coefficient (Wildman–Crippen LogP) is -2.91. The van der Waals surface area contributed by atoms with Crippen LogP contribution in [0.3, 0.4) is 0 Å². The third kappa shape index (κ3) is 15.1. The molecule has 0 aliphatic heterocycles. The Hall–Kier alpha value is 2.45. The van der Waals surface area contributed by atoms with Crippen LogP contribution in [0.4, 0.5) is 0 Å². The Kier molecular flexibility index (Phi) is 20.4. The van der Waals surface area contributed by atoms with E-state index in [9.17, 15) is 14.7 Å². The minimum absolute atomic E-state index is 0. The van der Waals surface area contributed by atoms with Crippen LogP contribution in [0.25, 0.3) is 0 Å². The van der Waals surface area contributed by atoms with Crippen LogP contribution in [0.5, 0.6) is 0 Å². The van der Waals surface area contributed by atoms with Crippen molar-refractivity contribution in [3.05, 3.63) is 60.7 Å². The topological polar surface area (TPSA) is 69.2 Å². The number of hydrogen-bond acceptors (Lipinski definition) is 3.